The van der Waals surface area contributed by atoms with Gasteiger partial charge in [0, 0.05) is 23.3 Å². The highest BCUT2D eigenvalue weighted by Gasteiger charge is 2.58. The lowest BCUT2D eigenvalue weighted by atomic mass is 9.64. The molecule has 2 aliphatic heterocycles. The molecule has 3 unspecified atom stereocenters. The van der Waals surface area contributed by atoms with Crippen LogP contribution in [0.2, 0.25) is 0 Å². The molecule has 2 aliphatic rings. The monoisotopic (exact) mass is 289 g/mol. The molecule has 112 valence electrons. The van der Waals surface area contributed by atoms with Crippen LogP contribution in [0.25, 0.3) is 0 Å². The quantitative estimate of drug-likeness (QED) is 0.836. The fourth-order valence-corrected chi connectivity index (χ4v) is 3.52. The van der Waals surface area contributed by atoms with Gasteiger partial charge in [0.15, 0.2) is 0 Å². The van der Waals surface area contributed by atoms with Gasteiger partial charge in [-0.2, -0.15) is 0 Å². The summed E-state index contributed by atoms with van der Waals surface area (Å²) in [6, 6.07) is 6.98. The van der Waals surface area contributed by atoms with Crippen molar-refractivity contribution in [3.63, 3.8) is 0 Å². The van der Waals surface area contributed by atoms with Crippen LogP contribution >= 0.6 is 0 Å². The average Bonchev–Trinajstić information content (AvgIpc) is 2.82. The maximum absolute atomic E-state index is 12.3. The van der Waals surface area contributed by atoms with Gasteiger partial charge in [0.05, 0.1) is 13.2 Å². The van der Waals surface area contributed by atoms with Crippen LogP contribution in [-0.2, 0) is 19.7 Å². The van der Waals surface area contributed by atoms with Crippen molar-refractivity contribution in [2.24, 2.45) is 5.92 Å². The summed E-state index contributed by atoms with van der Waals surface area (Å²) in [7, 11) is 0. The number of rotatable bonds is 2. The molecule has 2 heterocycles. The molecule has 0 saturated carbocycles. The number of amides is 1. The Morgan fingerprint density at radius 2 is 2.24 bits per heavy atom. The van der Waals surface area contributed by atoms with Crippen molar-refractivity contribution in [2.75, 3.05) is 13.2 Å². The Hall–Kier alpha value is -2.04. The zero-order valence-corrected chi connectivity index (χ0v) is 12.2. The van der Waals surface area contributed by atoms with Crippen LogP contribution in [0.15, 0.2) is 24.3 Å². The van der Waals surface area contributed by atoms with Crippen molar-refractivity contribution in [3.8, 4) is 5.75 Å². The third kappa shape index (κ3) is 1.99. The minimum atomic E-state index is -0.648. The van der Waals surface area contributed by atoms with E-state index in [9.17, 15) is 9.59 Å². The second-order valence-electron chi connectivity index (χ2n) is 5.68. The Kier molecular flexibility index (Phi) is 3.35. The Morgan fingerprint density at radius 3 is 3.00 bits per heavy atom. The van der Waals surface area contributed by atoms with Crippen molar-refractivity contribution >= 4 is 11.9 Å². The first-order valence-electron chi connectivity index (χ1n) is 7.28. The van der Waals surface area contributed by atoms with E-state index in [4.69, 9.17) is 9.47 Å². The number of esters is 1. The summed E-state index contributed by atoms with van der Waals surface area (Å²) in [4.78, 5) is 24.4. The van der Waals surface area contributed by atoms with Crippen LogP contribution in [0.4, 0.5) is 0 Å². The highest BCUT2D eigenvalue weighted by molar-refractivity contribution is 5.92. The van der Waals surface area contributed by atoms with Gasteiger partial charge in [-0.25, -0.2) is 4.79 Å². The van der Waals surface area contributed by atoms with Gasteiger partial charge in [0.1, 0.15) is 11.8 Å². The van der Waals surface area contributed by atoms with E-state index < -0.39 is 11.5 Å². The molecular formula is C16H19NO4. The zero-order chi connectivity index (χ0) is 15.0. The first-order chi connectivity index (χ1) is 10.1. The number of fused-ring (bicyclic) bond motifs is 2. The van der Waals surface area contributed by atoms with Crippen molar-refractivity contribution in [2.45, 2.75) is 31.7 Å². The van der Waals surface area contributed by atoms with Crippen molar-refractivity contribution in [1.29, 1.82) is 0 Å². The van der Waals surface area contributed by atoms with Gasteiger partial charge in [0.25, 0.3) is 0 Å². The number of hydrogen-bond acceptors (Lipinski definition) is 4. The highest BCUT2D eigenvalue weighted by atomic mass is 16.5. The third-order valence-electron chi connectivity index (χ3n) is 4.55. The molecule has 1 aromatic rings. The predicted molar refractivity (Wildman–Crippen MR) is 76.0 cm³/mol. The van der Waals surface area contributed by atoms with Gasteiger partial charge in [-0.1, -0.05) is 25.1 Å². The van der Waals surface area contributed by atoms with Crippen molar-refractivity contribution < 1.29 is 19.1 Å². The number of carbonyl (C=O) groups excluding carboxylic acids is 2. The standard InChI is InChI=1S/C16H19NO4/c1-3-20-15(19)14-16(8-13(18)17-14)10(2)9-21-12-7-5-4-6-11(12)16/h4-7,10,14H,3,8-9H2,1-2H3,(H,17,18). The van der Waals surface area contributed by atoms with Crippen LogP contribution < -0.4 is 10.1 Å². The molecule has 1 spiro atoms. The Balaban J connectivity index is 2.12. The highest BCUT2D eigenvalue weighted by Crippen LogP contribution is 2.49. The number of hydrogen-bond donors (Lipinski definition) is 1. The molecule has 1 saturated heterocycles. The van der Waals surface area contributed by atoms with Crippen LogP contribution in [0.3, 0.4) is 0 Å². The largest absolute Gasteiger partial charge is 0.493 e. The Bertz CT molecular complexity index is 585. The molecule has 1 aromatic carbocycles. The predicted octanol–water partition coefficient (Wildman–Crippen LogP) is 1.40. The second kappa shape index (κ2) is 5.06. The van der Waals surface area contributed by atoms with Crippen LogP contribution in [0.5, 0.6) is 5.75 Å². The number of ether oxygens (including phenoxy) is 2. The van der Waals surface area contributed by atoms with E-state index in [1.54, 1.807) is 6.92 Å². The molecule has 0 bridgehead atoms. The van der Waals surface area contributed by atoms with Crippen LogP contribution in [0, 0.1) is 5.92 Å². The number of carbonyl (C=O) groups is 2. The normalized spacial score (nSPS) is 30.5. The molecule has 0 aromatic heterocycles. The van der Waals surface area contributed by atoms with E-state index in [1.807, 2.05) is 31.2 Å². The van der Waals surface area contributed by atoms with Gasteiger partial charge in [-0.3, -0.25) is 4.79 Å². The lowest BCUT2D eigenvalue weighted by Gasteiger charge is -2.42. The van der Waals surface area contributed by atoms with Gasteiger partial charge in [0.2, 0.25) is 5.91 Å². The molecule has 21 heavy (non-hydrogen) atoms. The van der Waals surface area contributed by atoms with Gasteiger partial charge < -0.3 is 14.8 Å². The molecule has 0 aliphatic carbocycles. The molecule has 5 nitrogen and oxygen atoms in total. The Morgan fingerprint density at radius 1 is 1.48 bits per heavy atom. The minimum absolute atomic E-state index is 0.0424. The second-order valence-corrected chi connectivity index (χ2v) is 5.68. The first kappa shape index (κ1) is 13.9. The van der Waals surface area contributed by atoms with Crippen LogP contribution in [-0.4, -0.2) is 31.1 Å². The number of nitrogens with one attached hydrogen (secondary N) is 1. The zero-order valence-electron chi connectivity index (χ0n) is 12.2. The van der Waals surface area contributed by atoms with Crippen LogP contribution in [0.1, 0.15) is 25.8 Å². The smallest absolute Gasteiger partial charge is 0.329 e. The molecule has 1 N–H and O–H groups in total. The summed E-state index contributed by atoms with van der Waals surface area (Å²) in [5.41, 5.74) is 0.332. The van der Waals surface area contributed by atoms with Gasteiger partial charge in [-0.15, -0.1) is 0 Å². The molecule has 3 rings (SSSR count). The summed E-state index contributed by atoms with van der Waals surface area (Å²) in [6.07, 6.45) is 0.290. The molecule has 5 heteroatoms. The molecule has 1 fully saturated rings. The molecule has 0 radical (unpaired) electrons. The SMILES string of the molecule is CCOC(=O)C1NC(=O)CC12c1ccccc1OCC2C. The van der Waals surface area contributed by atoms with Gasteiger partial charge >= 0.3 is 5.97 Å². The van der Waals surface area contributed by atoms with E-state index in [0.29, 0.717) is 13.2 Å². The van der Waals surface area contributed by atoms with E-state index >= 15 is 0 Å². The van der Waals surface area contributed by atoms with E-state index in [-0.39, 0.29) is 24.2 Å². The minimum Gasteiger partial charge on any atom is -0.493 e. The summed E-state index contributed by atoms with van der Waals surface area (Å²) < 4.78 is 10.9. The third-order valence-corrected chi connectivity index (χ3v) is 4.55. The summed E-state index contributed by atoms with van der Waals surface area (Å²) in [5, 5.41) is 2.80. The number of benzene rings is 1. The molecular weight excluding hydrogens is 270 g/mol. The summed E-state index contributed by atoms with van der Waals surface area (Å²) in [5.74, 6) is 0.311. The molecule has 1 amide bonds. The lowest BCUT2D eigenvalue weighted by molar-refractivity contribution is -0.148. The molecule has 3 atom stereocenters. The van der Waals surface area contributed by atoms with E-state index in [1.165, 1.54) is 0 Å². The fourth-order valence-electron chi connectivity index (χ4n) is 3.52. The average molecular weight is 289 g/mol. The van der Waals surface area contributed by atoms with Crippen molar-refractivity contribution in [1.82, 2.24) is 5.32 Å². The Labute approximate surface area is 123 Å². The van der Waals surface area contributed by atoms with E-state index in [2.05, 4.69) is 5.32 Å². The summed E-state index contributed by atoms with van der Waals surface area (Å²) in [6.45, 7) is 4.57. The summed E-state index contributed by atoms with van der Waals surface area (Å²) >= 11 is 0. The fraction of sp³-hybridized carbons (Fsp3) is 0.500. The number of para-hydroxylation sites is 1. The van der Waals surface area contributed by atoms with E-state index in [0.717, 1.165) is 11.3 Å². The maximum atomic E-state index is 12.3. The van der Waals surface area contributed by atoms with Gasteiger partial charge in [-0.05, 0) is 13.0 Å². The lowest BCUT2D eigenvalue weighted by Crippen LogP contribution is -2.53. The van der Waals surface area contributed by atoms with Crippen molar-refractivity contribution in [3.05, 3.63) is 29.8 Å². The maximum Gasteiger partial charge on any atom is 0.329 e. The first-order valence-corrected chi connectivity index (χ1v) is 7.28. The topological polar surface area (TPSA) is 64.6 Å².